The number of carbonyl (C=O) groups excluding carboxylic acids is 2. The first-order chi connectivity index (χ1) is 14.0. The van der Waals surface area contributed by atoms with Crippen LogP contribution in [0.25, 0.3) is 0 Å². The van der Waals surface area contributed by atoms with Crippen LogP contribution in [-0.2, 0) is 26.2 Å². The Morgan fingerprint density at radius 2 is 1.70 bits per heavy atom. The lowest BCUT2D eigenvalue weighted by Crippen LogP contribution is -2.50. The molecule has 0 unspecified atom stereocenters. The first kappa shape index (κ1) is 23.4. The van der Waals surface area contributed by atoms with Gasteiger partial charge in [-0.3, -0.25) is 13.9 Å². The number of nitrogens with one attached hydrogen (secondary N) is 1. The van der Waals surface area contributed by atoms with Crippen molar-refractivity contribution >= 4 is 27.5 Å². The van der Waals surface area contributed by atoms with Gasteiger partial charge in [-0.05, 0) is 43.5 Å². The molecule has 0 aliphatic carbocycles. The van der Waals surface area contributed by atoms with E-state index in [9.17, 15) is 18.0 Å². The maximum atomic E-state index is 13.3. The Bertz CT molecular complexity index is 1010. The summed E-state index contributed by atoms with van der Waals surface area (Å²) in [7, 11) is -2.22. The summed E-state index contributed by atoms with van der Waals surface area (Å²) < 4.78 is 26.2. The Hall–Kier alpha value is -2.87. The van der Waals surface area contributed by atoms with E-state index in [0.29, 0.717) is 5.69 Å². The van der Waals surface area contributed by atoms with Crippen molar-refractivity contribution in [2.75, 3.05) is 24.2 Å². The topological polar surface area (TPSA) is 86.8 Å². The molecule has 8 heteroatoms. The summed E-state index contributed by atoms with van der Waals surface area (Å²) in [5.41, 5.74) is 2.93. The first-order valence-corrected chi connectivity index (χ1v) is 11.5. The lowest BCUT2D eigenvalue weighted by molar-refractivity contribution is -0.139. The van der Waals surface area contributed by atoms with E-state index in [4.69, 9.17) is 0 Å². The SMILES string of the molecule is CNC(=O)[C@H](C)N(Cc1ccccc1)C(=O)CN(c1cc(C)ccc1C)S(C)(=O)=O. The van der Waals surface area contributed by atoms with Gasteiger partial charge in [-0.15, -0.1) is 0 Å². The van der Waals surface area contributed by atoms with Crippen LogP contribution in [-0.4, -0.2) is 51.0 Å². The van der Waals surface area contributed by atoms with Crippen LogP contribution in [0.3, 0.4) is 0 Å². The molecule has 0 bridgehead atoms. The van der Waals surface area contributed by atoms with E-state index < -0.39 is 28.5 Å². The fourth-order valence-electron chi connectivity index (χ4n) is 3.15. The van der Waals surface area contributed by atoms with Gasteiger partial charge in [0.1, 0.15) is 12.6 Å². The molecule has 30 heavy (non-hydrogen) atoms. The molecule has 2 amide bonds. The average molecular weight is 432 g/mol. The molecular formula is C22H29N3O4S. The van der Waals surface area contributed by atoms with Gasteiger partial charge in [0, 0.05) is 13.6 Å². The van der Waals surface area contributed by atoms with Crippen molar-refractivity contribution in [1.82, 2.24) is 10.2 Å². The van der Waals surface area contributed by atoms with Gasteiger partial charge in [-0.1, -0.05) is 42.5 Å². The number of anilines is 1. The molecule has 1 N–H and O–H groups in total. The van der Waals surface area contributed by atoms with Crippen LogP contribution in [0.2, 0.25) is 0 Å². The van der Waals surface area contributed by atoms with Crippen molar-refractivity contribution in [2.45, 2.75) is 33.4 Å². The number of amides is 2. The van der Waals surface area contributed by atoms with Crippen molar-refractivity contribution in [3.8, 4) is 0 Å². The van der Waals surface area contributed by atoms with E-state index in [1.165, 1.54) is 11.9 Å². The minimum atomic E-state index is -3.72. The molecule has 0 aromatic heterocycles. The molecule has 2 aromatic carbocycles. The van der Waals surface area contributed by atoms with Crippen LogP contribution >= 0.6 is 0 Å². The normalized spacial score (nSPS) is 12.2. The molecule has 0 aliphatic heterocycles. The van der Waals surface area contributed by atoms with E-state index in [0.717, 1.165) is 27.3 Å². The minimum absolute atomic E-state index is 0.193. The quantitative estimate of drug-likeness (QED) is 0.694. The largest absolute Gasteiger partial charge is 0.357 e. The van der Waals surface area contributed by atoms with Crippen LogP contribution in [0.4, 0.5) is 5.69 Å². The summed E-state index contributed by atoms with van der Waals surface area (Å²) in [6, 6.07) is 14.0. The summed E-state index contributed by atoms with van der Waals surface area (Å²) >= 11 is 0. The van der Waals surface area contributed by atoms with Crippen molar-refractivity contribution in [3.05, 3.63) is 65.2 Å². The Kier molecular flexibility index (Phi) is 7.61. The van der Waals surface area contributed by atoms with Crippen molar-refractivity contribution in [2.24, 2.45) is 0 Å². The van der Waals surface area contributed by atoms with Gasteiger partial charge >= 0.3 is 0 Å². The summed E-state index contributed by atoms with van der Waals surface area (Å²) in [5, 5.41) is 2.55. The van der Waals surface area contributed by atoms with Gasteiger partial charge in [-0.25, -0.2) is 8.42 Å². The third-order valence-electron chi connectivity index (χ3n) is 4.92. The van der Waals surface area contributed by atoms with Crippen LogP contribution in [0.1, 0.15) is 23.6 Å². The second kappa shape index (κ2) is 9.75. The lowest BCUT2D eigenvalue weighted by Gasteiger charge is -2.31. The van der Waals surface area contributed by atoms with Crippen molar-refractivity contribution < 1.29 is 18.0 Å². The van der Waals surface area contributed by atoms with Gasteiger partial charge in [0.2, 0.25) is 21.8 Å². The van der Waals surface area contributed by atoms with Crippen molar-refractivity contribution in [1.29, 1.82) is 0 Å². The third kappa shape index (κ3) is 5.82. The monoisotopic (exact) mass is 431 g/mol. The molecule has 2 rings (SSSR count). The van der Waals surface area contributed by atoms with Crippen molar-refractivity contribution in [3.63, 3.8) is 0 Å². The number of hydrogen-bond acceptors (Lipinski definition) is 4. The summed E-state index contributed by atoms with van der Waals surface area (Å²) in [6.45, 7) is 5.09. The second-order valence-electron chi connectivity index (χ2n) is 7.36. The summed E-state index contributed by atoms with van der Waals surface area (Å²) in [4.78, 5) is 26.9. The zero-order valence-corrected chi connectivity index (χ0v) is 18.9. The number of sulfonamides is 1. The highest BCUT2D eigenvalue weighted by atomic mass is 32.2. The lowest BCUT2D eigenvalue weighted by atomic mass is 10.1. The molecule has 2 aromatic rings. The smallest absolute Gasteiger partial charge is 0.244 e. The maximum Gasteiger partial charge on any atom is 0.244 e. The Morgan fingerprint density at radius 1 is 1.07 bits per heavy atom. The number of aryl methyl sites for hydroxylation is 2. The standard InChI is InChI=1S/C22H29N3O4S/c1-16-11-12-17(2)20(13-16)25(30(5,28)29)15-21(26)24(18(3)22(27)23-4)14-19-9-7-6-8-10-19/h6-13,18H,14-15H2,1-5H3,(H,23,27)/t18-/m0/s1. The van der Waals surface area contributed by atoms with E-state index in [1.807, 2.05) is 49.4 Å². The number of benzene rings is 2. The number of rotatable bonds is 8. The number of likely N-dealkylation sites (N-methyl/N-ethyl adjacent to an activating group) is 1. The van der Waals surface area contributed by atoms with Gasteiger partial charge in [0.25, 0.3) is 0 Å². The molecular weight excluding hydrogens is 402 g/mol. The molecule has 7 nitrogen and oxygen atoms in total. The van der Waals surface area contributed by atoms with Gasteiger partial charge in [-0.2, -0.15) is 0 Å². The Morgan fingerprint density at radius 3 is 2.27 bits per heavy atom. The maximum absolute atomic E-state index is 13.3. The molecule has 0 spiro atoms. The molecule has 0 saturated carbocycles. The second-order valence-corrected chi connectivity index (χ2v) is 9.26. The fraction of sp³-hybridized carbons (Fsp3) is 0.364. The highest BCUT2D eigenvalue weighted by molar-refractivity contribution is 7.92. The Balaban J connectivity index is 2.41. The number of carbonyl (C=O) groups is 2. The predicted octanol–water partition coefficient (Wildman–Crippen LogP) is 2.23. The van der Waals surface area contributed by atoms with Crippen LogP contribution < -0.4 is 9.62 Å². The van der Waals surface area contributed by atoms with E-state index in [1.54, 1.807) is 19.9 Å². The van der Waals surface area contributed by atoms with Gasteiger partial charge < -0.3 is 10.2 Å². The summed E-state index contributed by atoms with van der Waals surface area (Å²) in [5.74, 6) is -0.779. The van der Waals surface area contributed by atoms with Crippen LogP contribution in [0.15, 0.2) is 48.5 Å². The number of hydrogen-bond donors (Lipinski definition) is 1. The minimum Gasteiger partial charge on any atom is -0.357 e. The van der Waals surface area contributed by atoms with E-state index in [-0.39, 0.29) is 12.5 Å². The molecule has 0 aliphatic rings. The molecule has 0 fully saturated rings. The van der Waals surface area contributed by atoms with E-state index in [2.05, 4.69) is 5.32 Å². The number of nitrogens with zero attached hydrogens (tertiary/aromatic N) is 2. The summed E-state index contributed by atoms with van der Waals surface area (Å²) in [6.07, 6.45) is 1.08. The van der Waals surface area contributed by atoms with E-state index >= 15 is 0 Å². The highest BCUT2D eigenvalue weighted by Crippen LogP contribution is 2.24. The predicted molar refractivity (Wildman–Crippen MR) is 119 cm³/mol. The van der Waals surface area contributed by atoms with Crippen LogP contribution in [0.5, 0.6) is 0 Å². The highest BCUT2D eigenvalue weighted by Gasteiger charge is 2.30. The third-order valence-corrected chi connectivity index (χ3v) is 6.05. The fourth-order valence-corrected chi connectivity index (χ4v) is 4.05. The molecule has 1 atom stereocenters. The molecule has 162 valence electrons. The Labute approximate surface area is 178 Å². The van der Waals surface area contributed by atoms with Gasteiger partial charge in [0.05, 0.1) is 11.9 Å². The molecule has 0 radical (unpaired) electrons. The molecule has 0 heterocycles. The van der Waals surface area contributed by atoms with Gasteiger partial charge in [0.15, 0.2) is 0 Å². The average Bonchev–Trinajstić information content (AvgIpc) is 2.70. The zero-order valence-electron chi connectivity index (χ0n) is 18.0. The first-order valence-electron chi connectivity index (χ1n) is 9.64. The van der Waals surface area contributed by atoms with Crippen LogP contribution in [0, 0.1) is 13.8 Å². The molecule has 0 saturated heterocycles. The zero-order chi connectivity index (χ0) is 22.5.